The van der Waals surface area contributed by atoms with Gasteiger partial charge >= 0.3 is 5.97 Å². The van der Waals surface area contributed by atoms with Crippen molar-refractivity contribution < 1.29 is 9.53 Å². The van der Waals surface area contributed by atoms with Gasteiger partial charge in [-0.25, -0.2) is 4.79 Å². The molecule has 0 atom stereocenters. The summed E-state index contributed by atoms with van der Waals surface area (Å²) < 4.78 is 5.08. The second-order valence-corrected chi connectivity index (χ2v) is 3.36. The van der Waals surface area contributed by atoms with Crippen molar-refractivity contribution in [3.8, 4) is 0 Å². The van der Waals surface area contributed by atoms with Gasteiger partial charge in [0, 0.05) is 0 Å². The SMILES string of the molecule is CCCCOC(=O)c1cccc(C)c1.[AlH3]. The van der Waals surface area contributed by atoms with Gasteiger partial charge in [-0.05, 0) is 25.5 Å². The van der Waals surface area contributed by atoms with Crippen molar-refractivity contribution in [3.63, 3.8) is 0 Å². The molecule has 1 aromatic rings. The zero-order valence-corrected chi connectivity index (χ0v) is 8.75. The molecule has 0 saturated heterocycles. The topological polar surface area (TPSA) is 26.3 Å². The molecule has 15 heavy (non-hydrogen) atoms. The Balaban J connectivity index is 0.00000196. The van der Waals surface area contributed by atoms with Gasteiger partial charge < -0.3 is 4.74 Å². The molecule has 1 aromatic carbocycles. The van der Waals surface area contributed by atoms with Crippen molar-refractivity contribution in [1.82, 2.24) is 0 Å². The van der Waals surface area contributed by atoms with Crippen molar-refractivity contribution in [2.75, 3.05) is 6.61 Å². The van der Waals surface area contributed by atoms with Gasteiger partial charge in [-0.1, -0.05) is 31.0 Å². The Morgan fingerprint density at radius 1 is 1.40 bits per heavy atom. The summed E-state index contributed by atoms with van der Waals surface area (Å²) in [7, 11) is 0. The third-order valence-corrected chi connectivity index (χ3v) is 1.98. The second-order valence-electron chi connectivity index (χ2n) is 3.36. The maximum Gasteiger partial charge on any atom is 0.338 e. The van der Waals surface area contributed by atoms with E-state index < -0.39 is 0 Å². The monoisotopic (exact) mass is 222 g/mol. The maximum absolute atomic E-state index is 11.4. The summed E-state index contributed by atoms with van der Waals surface area (Å²) in [6, 6.07) is 7.45. The third kappa shape index (κ3) is 5.02. The van der Waals surface area contributed by atoms with Crippen LogP contribution in [0.15, 0.2) is 24.3 Å². The summed E-state index contributed by atoms with van der Waals surface area (Å²) in [5.41, 5.74) is 1.72. The van der Waals surface area contributed by atoms with Crippen LogP contribution in [0.1, 0.15) is 35.7 Å². The molecule has 0 amide bonds. The van der Waals surface area contributed by atoms with Gasteiger partial charge in [0.25, 0.3) is 0 Å². The Morgan fingerprint density at radius 2 is 2.13 bits per heavy atom. The fraction of sp³-hybridized carbons (Fsp3) is 0.417. The lowest BCUT2D eigenvalue weighted by Gasteiger charge is -2.03. The van der Waals surface area contributed by atoms with Crippen LogP contribution in [-0.2, 0) is 4.74 Å². The molecule has 2 nitrogen and oxygen atoms in total. The Labute approximate surface area is 102 Å². The molecular formula is C12H19AlO2. The summed E-state index contributed by atoms with van der Waals surface area (Å²) in [4.78, 5) is 11.4. The zero-order chi connectivity index (χ0) is 10.4. The van der Waals surface area contributed by atoms with E-state index in [1.807, 2.05) is 25.1 Å². The highest BCUT2D eigenvalue weighted by molar-refractivity contribution is 5.89. The molecule has 0 saturated carbocycles. The summed E-state index contributed by atoms with van der Waals surface area (Å²) in [5.74, 6) is -0.220. The van der Waals surface area contributed by atoms with E-state index in [4.69, 9.17) is 4.74 Å². The van der Waals surface area contributed by atoms with Crippen LogP contribution >= 0.6 is 0 Å². The normalized spacial score (nSPS) is 9.20. The highest BCUT2D eigenvalue weighted by atomic mass is 27.0. The summed E-state index contributed by atoms with van der Waals surface area (Å²) in [6.07, 6.45) is 1.97. The first-order chi connectivity index (χ1) is 6.74. The number of carbonyl (C=O) groups excluding carboxylic acids is 1. The van der Waals surface area contributed by atoms with Crippen molar-refractivity contribution in [3.05, 3.63) is 35.4 Å². The maximum atomic E-state index is 11.4. The number of aryl methyl sites for hydroxylation is 1. The predicted molar refractivity (Wildman–Crippen MR) is 66.3 cm³/mol. The molecule has 0 aliphatic carbocycles. The van der Waals surface area contributed by atoms with Gasteiger partial charge in [0.05, 0.1) is 12.2 Å². The summed E-state index contributed by atoms with van der Waals surface area (Å²) in [5, 5.41) is 0. The molecule has 0 heterocycles. The van der Waals surface area contributed by atoms with E-state index in [0.29, 0.717) is 12.2 Å². The van der Waals surface area contributed by atoms with Gasteiger partial charge in [-0.3, -0.25) is 0 Å². The number of rotatable bonds is 4. The Morgan fingerprint density at radius 3 is 2.73 bits per heavy atom. The molecule has 0 spiro atoms. The molecule has 0 fully saturated rings. The number of ether oxygens (including phenoxy) is 1. The molecule has 0 aromatic heterocycles. The molecular weight excluding hydrogens is 203 g/mol. The number of esters is 1. The van der Waals surface area contributed by atoms with Gasteiger partial charge in [0.1, 0.15) is 0 Å². The van der Waals surface area contributed by atoms with Gasteiger partial charge in [-0.2, -0.15) is 0 Å². The lowest BCUT2D eigenvalue weighted by Crippen LogP contribution is -2.06. The van der Waals surface area contributed by atoms with Crippen molar-refractivity contribution in [2.45, 2.75) is 26.7 Å². The van der Waals surface area contributed by atoms with Gasteiger partial charge in [0.2, 0.25) is 0 Å². The molecule has 0 aliphatic heterocycles. The molecule has 0 N–H and O–H groups in total. The Kier molecular flexibility index (Phi) is 7.12. The largest absolute Gasteiger partial charge is 0.462 e. The quantitative estimate of drug-likeness (QED) is 0.441. The fourth-order valence-electron chi connectivity index (χ4n) is 1.16. The number of hydrogen-bond donors (Lipinski definition) is 0. The highest BCUT2D eigenvalue weighted by Gasteiger charge is 2.05. The van der Waals surface area contributed by atoms with Crippen LogP contribution in [0, 0.1) is 6.92 Å². The Hall–Kier alpha value is -0.778. The number of unbranched alkanes of at least 4 members (excludes halogenated alkanes) is 1. The summed E-state index contributed by atoms with van der Waals surface area (Å²) in [6.45, 7) is 4.55. The minimum absolute atomic E-state index is 0. The van der Waals surface area contributed by atoms with Crippen LogP contribution in [-0.4, -0.2) is 29.9 Å². The Bertz CT molecular complexity index is 310. The smallest absolute Gasteiger partial charge is 0.338 e. The third-order valence-electron chi connectivity index (χ3n) is 1.98. The van der Waals surface area contributed by atoms with Crippen LogP contribution in [0.4, 0.5) is 0 Å². The van der Waals surface area contributed by atoms with Crippen LogP contribution in [0.2, 0.25) is 0 Å². The van der Waals surface area contributed by atoms with Crippen LogP contribution in [0.3, 0.4) is 0 Å². The lowest BCUT2D eigenvalue weighted by molar-refractivity contribution is 0.0499. The molecule has 3 heteroatoms. The highest BCUT2D eigenvalue weighted by Crippen LogP contribution is 2.05. The molecule has 0 bridgehead atoms. The first kappa shape index (κ1) is 14.2. The fourth-order valence-corrected chi connectivity index (χ4v) is 1.16. The van der Waals surface area contributed by atoms with E-state index in [-0.39, 0.29) is 23.3 Å². The van der Waals surface area contributed by atoms with E-state index >= 15 is 0 Å². The van der Waals surface area contributed by atoms with Crippen molar-refractivity contribution >= 4 is 23.3 Å². The number of carbonyl (C=O) groups is 1. The molecule has 1 rings (SSSR count). The van der Waals surface area contributed by atoms with Crippen LogP contribution < -0.4 is 0 Å². The van der Waals surface area contributed by atoms with E-state index in [1.165, 1.54) is 0 Å². The van der Waals surface area contributed by atoms with E-state index in [1.54, 1.807) is 6.07 Å². The van der Waals surface area contributed by atoms with Gasteiger partial charge in [0.15, 0.2) is 17.4 Å². The summed E-state index contributed by atoms with van der Waals surface area (Å²) >= 11 is 0. The van der Waals surface area contributed by atoms with Crippen LogP contribution in [0.25, 0.3) is 0 Å². The van der Waals surface area contributed by atoms with Crippen LogP contribution in [0.5, 0.6) is 0 Å². The average molecular weight is 222 g/mol. The second kappa shape index (κ2) is 7.51. The minimum Gasteiger partial charge on any atom is -0.462 e. The first-order valence-electron chi connectivity index (χ1n) is 4.98. The lowest BCUT2D eigenvalue weighted by atomic mass is 10.1. The number of hydrogen-bond acceptors (Lipinski definition) is 2. The zero-order valence-electron chi connectivity index (χ0n) is 8.75. The minimum atomic E-state index is -0.220. The average Bonchev–Trinajstić information content (AvgIpc) is 2.18. The predicted octanol–water partition coefficient (Wildman–Crippen LogP) is 1.77. The molecule has 0 unspecified atom stereocenters. The van der Waals surface area contributed by atoms with Crippen molar-refractivity contribution in [1.29, 1.82) is 0 Å². The molecule has 0 radical (unpaired) electrons. The van der Waals surface area contributed by atoms with E-state index in [2.05, 4.69) is 6.92 Å². The molecule has 0 aliphatic rings. The standard InChI is InChI=1S/C12H16O2.Al.3H/c1-3-4-8-14-12(13)11-7-5-6-10(2)9-11;;;;/h5-7,9H,3-4,8H2,1-2H3;;;;. The molecule has 82 valence electrons. The van der Waals surface area contributed by atoms with E-state index in [0.717, 1.165) is 18.4 Å². The van der Waals surface area contributed by atoms with Crippen molar-refractivity contribution in [2.24, 2.45) is 0 Å². The van der Waals surface area contributed by atoms with Gasteiger partial charge in [-0.15, -0.1) is 0 Å². The van der Waals surface area contributed by atoms with E-state index in [9.17, 15) is 4.79 Å². The number of benzene rings is 1. The first-order valence-corrected chi connectivity index (χ1v) is 4.98.